The first-order valence-corrected chi connectivity index (χ1v) is 5.94. The predicted molar refractivity (Wildman–Crippen MR) is 63.3 cm³/mol. The third-order valence-electron chi connectivity index (χ3n) is 2.74. The minimum atomic E-state index is -0.189. The molecule has 98 valence electrons. The number of nitrogens with zero attached hydrogens (tertiary/aromatic N) is 2. The Bertz CT molecular complexity index is 265. The van der Waals surface area contributed by atoms with Gasteiger partial charge in [0, 0.05) is 26.7 Å². The highest BCUT2D eigenvalue weighted by Crippen LogP contribution is 2.07. The normalized spacial score (nSPS) is 15.1. The lowest BCUT2D eigenvalue weighted by molar-refractivity contribution is -0.141. The van der Waals surface area contributed by atoms with Gasteiger partial charge in [-0.15, -0.1) is 0 Å². The van der Waals surface area contributed by atoms with Gasteiger partial charge >= 0.3 is 0 Å². The maximum atomic E-state index is 11.8. The van der Waals surface area contributed by atoms with Crippen LogP contribution in [0.3, 0.4) is 0 Å². The van der Waals surface area contributed by atoms with E-state index >= 15 is 0 Å². The maximum absolute atomic E-state index is 11.8. The van der Waals surface area contributed by atoms with Crippen molar-refractivity contribution in [3.05, 3.63) is 0 Å². The minimum absolute atomic E-state index is 0.0113. The van der Waals surface area contributed by atoms with Gasteiger partial charge in [-0.3, -0.25) is 9.59 Å². The van der Waals surface area contributed by atoms with Crippen LogP contribution in [0.5, 0.6) is 0 Å². The van der Waals surface area contributed by atoms with Crippen LogP contribution in [0.25, 0.3) is 0 Å². The van der Waals surface area contributed by atoms with Gasteiger partial charge in [-0.25, -0.2) is 0 Å². The van der Waals surface area contributed by atoms with E-state index in [0.717, 1.165) is 25.9 Å². The van der Waals surface area contributed by atoms with E-state index in [9.17, 15) is 9.59 Å². The van der Waals surface area contributed by atoms with Gasteiger partial charge in [0.1, 0.15) is 6.61 Å². The van der Waals surface area contributed by atoms with Crippen molar-refractivity contribution in [2.24, 2.45) is 5.73 Å². The summed E-state index contributed by atoms with van der Waals surface area (Å²) in [6.45, 7) is 2.49. The van der Waals surface area contributed by atoms with Gasteiger partial charge in [0.25, 0.3) is 0 Å². The van der Waals surface area contributed by atoms with E-state index in [4.69, 9.17) is 10.5 Å². The molecule has 17 heavy (non-hydrogen) atoms. The van der Waals surface area contributed by atoms with Crippen LogP contribution in [0.2, 0.25) is 0 Å². The lowest BCUT2D eigenvalue weighted by atomic mass is 10.4. The summed E-state index contributed by atoms with van der Waals surface area (Å²) >= 11 is 0. The van der Waals surface area contributed by atoms with Crippen molar-refractivity contribution in [2.75, 3.05) is 46.4 Å². The molecule has 0 aromatic rings. The fraction of sp³-hybridized carbons (Fsp3) is 0.818. The Kier molecular flexibility index (Phi) is 5.93. The number of likely N-dealkylation sites (N-methyl/N-ethyl adjacent to an activating group) is 1. The SMILES string of the molecule is CN(CC(=O)N1CCCC1)C(=O)COCCN. The number of carbonyl (C=O) groups excluding carboxylic acids is 2. The molecule has 0 unspecified atom stereocenters. The summed E-state index contributed by atoms with van der Waals surface area (Å²) in [6, 6.07) is 0. The number of hydrogen-bond donors (Lipinski definition) is 1. The molecule has 2 amide bonds. The van der Waals surface area contributed by atoms with Crippen molar-refractivity contribution >= 4 is 11.8 Å². The van der Waals surface area contributed by atoms with Crippen LogP contribution in [-0.4, -0.2) is 68.1 Å². The quantitative estimate of drug-likeness (QED) is 0.610. The smallest absolute Gasteiger partial charge is 0.248 e. The van der Waals surface area contributed by atoms with Gasteiger partial charge in [-0.1, -0.05) is 0 Å². The Balaban J connectivity index is 2.24. The van der Waals surface area contributed by atoms with E-state index in [1.54, 1.807) is 11.9 Å². The second-order valence-corrected chi connectivity index (χ2v) is 4.18. The zero-order valence-electron chi connectivity index (χ0n) is 10.4. The largest absolute Gasteiger partial charge is 0.370 e. The van der Waals surface area contributed by atoms with E-state index in [0.29, 0.717) is 13.2 Å². The van der Waals surface area contributed by atoms with Crippen LogP contribution in [-0.2, 0) is 14.3 Å². The third kappa shape index (κ3) is 4.70. The second-order valence-electron chi connectivity index (χ2n) is 4.18. The van der Waals surface area contributed by atoms with E-state index in [-0.39, 0.29) is 25.0 Å². The Labute approximate surface area is 102 Å². The summed E-state index contributed by atoms with van der Waals surface area (Å²) in [5, 5.41) is 0. The van der Waals surface area contributed by atoms with Gasteiger partial charge in [-0.05, 0) is 12.8 Å². The van der Waals surface area contributed by atoms with E-state index < -0.39 is 0 Å². The second kappa shape index (κ2) is 7.24. The molecular weight excluding hydrogens is 222 g/mol. The highest BCUT2D eigenvalue weighted by atomic mass is 16.5. The summed E-state index contributed by atoms with van der Waals surface area (Å²) in [7, 11) is 1.61. The average molecular weight is 243 g/mol. The number of carbonyl (C=O) groups is 2. The monoisotopic (exact) mass is 243 g/mol. The van der Waals surface area contributed by atoms with Crippen molar-refractivity contribution in [1.82, 2.24) is 9.80 Å². The van der Waals surface area contributed by atoms with Crippen LogP contribution in [0.15, 0.2) is 0 Å². The molecule has 0 atom stereocenters. The van der Waals surface area contributed by atoms with Gasteiger partial charge < -0.3 is 20.3 Å². The summed E-state index contributed by atoms with van der Waals surface area (Å²) in [6.07, 6.45) is 2.12. The van der Waals surface area contributed by atoms with Crippen molar-refractivity contribution in [1.29, 1.82) is 0 Å². The van der Waals surface area contributed by atoms with Crippen molar-refractivity contribution in [2.45, 2.75) is 12.8 Å². The molecule has 0 saturated carbocycles. The first-order chi connectivity index (χ1) is 8.15. The zero-order valence-corrected chi connectivity index (χ0v) is 10.4. The molecule has 1 aliphatic rings. The molecule has 0 aromatic carbocycles. The molecule has 1 rings (SSSR count). The third-order valence-corrected chi connectivity index (χ3v) is 2.74. The highest BCUT2D eigenvalue weighted by Gasteiger charge is 2.20. The molecule has 1 heterocycles. The summed E-state index contributed by atoms with van der Waals surface area (Å²) in [5.41, 5.74) is 5.24. The Morgan fingerprint density at radius 2 is 2.00 bits per heavy atom. The molecular formula is C11H21N3O3. The van der Waals surface area contributed by atoms with Crippen molar-refractivity contribution in [3.63, 3.8) is 0 Å². The average Bonchev–Trinajstić information content (AvgIpc) is 2.82. The first kappa shape index (κ1) is 13.9. The Hall–Kier alpha value is -1.14. The van der Waals surface area contributed by atoms with Crippen LogP contribution >= 0.6 is 0 Å². The van der Waals surface area contributed by atoms with E-state index in [1.165, 1.54) is 4.90 Å². The van der Waals surface area contributed by atoms with E-state index in [2.05, 4.69) is 0 Å². The van der Waals surface area contributed by atoms with Crippen LogP contribution in [0.1, 0.15) is 12.8 Å². The molecule has 0 aliphatic carbocycles. The molecule has 0 bridgehead atoms. The van der Waals surface area contributed by atoms with Crippen molar-refractivity contribution in [3.8, 4) is 0 Å². The fourth-order valence-corrected chi connectivity index (χ4v) is 1.71. The topological polar surface area (TPSA) is 75.9 Å². The maximum Gasteiger partial charge on any atom is 0.248 e. The van der Waals surface area contributed by atoms with E-state index in [1.807, 2.05) is 0 Å². The lowest BCUT2D eigenvalue weighted by Gasteiger charge is -2.21. The Morgan fingerprint density at radius 1 is 1.35 bits per heavy atom. The molecule has 0 radical (unpaired) electrons. The summed E-state index contributed by atoms with van der Waals surface area (Å²) in [5.74, 6) is -0.178. The number of likely N-dealkylation sites (tertiary alicyclic amines) is 1. The minimum Gasteiger partial charge on any atom is -0.370 e. The molecule has 6 heteroatoms. The molecule has 2 N–H and O–H groups in total. The standard InChI is InChI=1S/C11H21N3O3/c1-13(11(16)9-17-7-4-12)8-10(15)14-5-2-3-6-14/h2-9,12H2,1H3. The van der Waals surface area contributed by atoms with Gasteiger partial charge in [0.05, 0.1) is 13.2 Å². The molecule has 0 aromatic heterocycles. The first-order valence-electron chi connectivity index (χ1n) is 5.94. The molecule has 1 saturated heterocycles. The van der Waals surface area contributed by atoms with Gasteiger partial charge in [-0.2, -0.15) is 0 Å². The van der Waals surface area contributed by atoms with Crippen LogP contribution in [0, 0.1) is 0 Å². The predicted octanol–water partition coefficient (Wildman–Crippen LogP) is -0.957. The summed E-state index contributed by atoms with van der Waals surface area (Å²) in [4.78, 5) is 26.5. The summed E-state index contributed by atoms with van der Waals surface area (Å²) < 4.78 is 5.03. The number of ether oxygens (including phenoxy) is 1. The number of amides is 2. The van der Waals surface area contributed by atoms with Crippen LogP contribution in [0.4, 0.5) is 0 Å². The van der Waals surface area contributed by atoms with Gasteiger partial charge in [0.2, 0.25) is 11.8 Å². The fourth-order valence-electron chi connectivity index (χ4n) is 1.71. The number of hydrogen-bond acceptors (Lipinski definition) is 4. The molecule has 0 spiro atoms. The molecule has 1 fully saturated rings. The highest BCUT2D eigenvalue weighted by molar-refractivity contribution is 5.85. The van der Waals surface area contributed by atoms with Gasteiger partial charge in [0.15, 0.2) is 0 Å². The lowest BCUT2D eigenvalue weighted by Crippen LogP contribution is -2.41. The van der Waals surface area contributed by atoms with Crippen molar-refractivity contribution < 1.29 is 14.3 Å². The number of rotatable bonds is 6. The molecule has 6 nitrogen and oxygen atoms in total. The zero-order chi connectivity index (χ0) is 12.7. The number of nitrogens with two attached hydrogens (primary N) is 1. The Morgan fingerprint density at radius 3 is 2.59 bits per heavy atom. The van der Waals surface area contributed by atoms with Crippen LogP contribution < -0.4 is 5.73 Å². The molecule has 1 aliphatic heterocycles.